The summed E-state index contributed by atoms with van der Waals surface area (Å²) in [5, 5.41) is 6.87. The zero-order valence-electron chi connectivity index (χ0n) is 18.4. The highest BCUT2D eigenvalue weighted by molar-refractivity contribution is 14.0. The van der Waals surface area contributed by atoms with Crippen molar-refractivity contribution in [3.63, 3.8) is 0 Å². The normalized spacial score (nSPS) is 20.0. The summed E-state index contributed by atoms with van der Waals surface area (Å²) in [6.45, 7) is 11.9. The second-order valence-corrected chi connectivity index (χ2v) is 7.76. The first-order valence-electron chi connectivity index (χ1n) is 11.0. The van der Waals surface area contributed by atoms with Gasteiger partial charge in [-0.2, -0.15) is 0 Å². The summed E-state index contributed by atoms with van der Waals surface area (Å²) in [6.07, 6.45) is 2.30. The molecule has 30 heavy (non-hydrogen) atoms. The van der Waals surface area contributed by atoms with Crippen molar-refractivity contribution in [2.24, 2.45) is 10.9 Å². The first kappa shape index (κ1) is 25.0. The van der Waals surface area contributed by atoms with Gasteiger partial charge in [-0.15, -0.1) is 24.0 Å². The fraction of sp³-hybridized carbons (Fsp3) is 0.682. The number of morpholine rings is 1. The SMILES string of the molecule is CCNC(=NCC1CCN(c2cccc(OC)c2)C1)NCCCN1CCOCC1.I. The van der Waals surface area contributed by atoms with Crippen molar-refractivity contribution in [2.45, 2.75) is 19.8 Å². The van der Waals surface area contributed by atoms with Crippen molar-refractivity contribution in [1.82, 2.24) is 15.5 Å². The van der Waals surface area contributed by atoms with Crippen LogP contribution < -0.4 is 20.3 Å². The van der Waals surface area contributed by atoms with E-state index in [1.165, 1.54) is 12.1 Å². The second kappa shape index (κ2) is 13.9. The summed E-state index contributed by atoms with van der Waals surface area (Å²) < 4.78 is 10.8. The average molecular weight is 531 g/mol. The lowest BCUT2D eigenvalue weighted by atomic mass is 10.1. The lowest BCUT2D eigenvalue weighted by Crippen LogP contribution is -2.41. The Labute approximate surface area is 198 Å². The van der Waals surface area contributed by atoms with E-state index in [0.29, 0.717) is 5.92 Å². The van der Waals surface area contributed by atoms with Gasteiger partial charge < -0.3 is 25.0 Å². The van der Waals surface area contributed by atoms with Gasteiger partial charge in [0.15, 0.2) is 5.96 Å². The third-order valence-corrected chi connectivity index (χ3v) is 5.60. The molecule has 0 saturated carbocycles. The maximum atomic E-state index is 5.41. The molecule has 0 aromatic heterocycles. The maximum absolute atomic E-state index is 5.41. The summed E-state index contributed by atoms with van der Waals surface area (Å²) in [5.41, 5.74) is 1.24. The molecule has 2 heterocycles. The average Bonchev–Trinajstić information content (AvgIpc) is 3.25. The summed E-state index contributed by atoms with van der Waals surface area (Å²) in [7, 11) is 1.72. The molecule has 1 aromatic carbocycles. The molecule has 2 fully saturated rings. The summed E-state index contributed by atoms with van der Waals surface area (Å²) in [5.74, 6) is 2.44. The molecule has 0 bridgehead atoms. The van der Waals surface area contributed by atoms with E-state index in [-0.39, 0.29) is 24.0 Å². The number of ether oxygens (including phenoxy) is 2. The van der Waals surface area contributed by atoms with Gasteiger partial charge in [0, 0.05) is 57.6 Å². The van der Waals surface area contributed by atoms with Crippen LogP contribution in [0.2, 0.25) is 0 Å². The van der Waals surface area contributed by atoms with Gasteiger partial charge in [0.25, 0.3) is 0 Å². The maximum Gasteiger partial charge on any atom is 0.191 e. The number of nitrogens with zero attached hydrogens (tertiary/aromatic N) is 3. The van der Waals surface area contributed by atoms with Crippen LogP contribution in [-0.4, -0.2) is 83.5 Å². The van der Waals surface area contributed by atoms with Gasteiger partial charge in [0.1, 0.15) is 5.75 Å². The van der Waals surface area contributed by atoms with Crippen molar-refractivity contribution in [1.29, 1.82) is 0 Å². The van der Waals surface area contributed by atoms with E-state index in [1.807, 2.05) is 6.07 Å². The van der Waals surface area contributed by atoms with E-state index in [4.69, 9.17) is 14.5 Å². The fourth-order valence-corrected chi connectivity index (χ4v) is 3.92. The van der Waals surface area contributed by atoms with E-state index < -0.39 is 0 Å². The van der Waals surface area contributed by atoms with Crippen LogP contribution in [0.15, 0.2) is 29.3 Å². The molecule has 2 aliphatic heterocycles. The predicted octanol–water partition coefficient (Wildman–Crippen LogP) is 2.42. The van der Waals surface area contributed by atoms with Crippen LogP contribution in [0.1, 0.15) is 19.8 Å². The van der Waals surface area contributed by atoms with Gasteiger partial charge in [-0.05, 0) is 44.4 Å². The molecule has 3 rings (SSSR count). The van der Waals surface area contributed by atoms with Crippen LogP contribution in [0.3, 0.4) is 0 Å². The molecule has 2 saturated heterocycles. The number of anilines is 1. The number of nitrogens with one attached hydrogen (secondary N) is 2. The number of hydrogen-bond acceptors (Lipinski definition) is 5. The third kappa shape index (κ3) is 8.11. The van der Waals surface area contributed by atoms with Crippen molar-refractivity contribution in [3.05, 3.63) is 24.3 Å². The number of hydrogen-bond donors (Lipinski definition) is 2. The van der Waals surface area contributed by atoms with Crippen molar-refractivity contribution >= 4 is 35.6 Å². The Morgan fingerprint density at radius 2 is 2.07 bits per heavy atom. The molecule has 0 radical (unpaired) electrons. The van der Waals surface area contributed by atoms with E-state index in [1.54, 1.807) is 7.11 Å². The predicted molar refractivity (Wildman–Crippen MR) is 135 cm³/mol. The van der Waals surface area contributed by atoms with E-state index in [2.05, 4.69) is 45.6 Å². The molecule has 7 nitrogen and oxygen atoms in total. The monoisotopic (exact) mass is 531 g/mol. The number of halogens is 1. The number of rotatable bonds is 9. The van der Waals surface area contributed by atoms with Crippen LogP contribution in [0.25, 0.3) is 0 Å². The van der Waals surface area contributed by atoms with Gasteiger partial charge in [0.2, 0.25) is 0 Å². The highest BCUT2D eigenvalue weighted by Crippen LogP contribution is 2.26. The quantitative estimate of drug-likeness (QED) is 0.221. The Kier molecular flexibility index (Phi) is 11.6. The standard InChI is InChI=1S/C22H37N5O2.HI/c1-3-23-22(24-9-5-10-26-12-14-29-15-13-26)25-17-19-8-11-27(18-19)20-6-4-7-21(16-20)28-2;/h4,6-7,16,19H,3,5,8-15,17-18H2,1-2H3,(H2,23,24,25);1H. The lowest BCUT2D eigenvalue weighted by molar-refractivity contribution is 0.0376. The number of guanidine groups is 1. The highest BCUT2D eigenvalue weighted by Gasteiger charge is 2.22. The number of methoxy groups -OCH3 is 1. The van der Waals surface area contributed by atoms with Crippen LogP contribution in [0.4, 0.5) is 5.69 Å². The minimum absolute atomic E-state index is 0. The Hall–Kier alpha value is -1.26. The summed E-state index contributed by atoms with van der Waals surface area (Å²) in [6, 6.07) is 8.33. The van der Waals surface area contributed by atoms with Gasteiger partial charge in [0.05, 0.1) is 20.3 Å². The molecule has 1 aromatic rings. The molecule has 0 spiro atoms. The fourth-order valence-electron chi connectivity index (χ4n) is 3.92. The summed E-state index contributed by atoms with van der Waals surface area (Å²) in [4.78, 5) is 9.76. The van der Waals surface area contributed by atoms with E-state index in [9.17, 15) is 0 Å². The molecule has 2 aliphatic rings. The molecule has 2 N–H and O–H groups in total. The molecule has 8 heteroatoms. The third-order valence-electron chi connectivity index (χ3n) is 5.60. The molecule has 1 atom stereocenters. The van der Waals surface area contributed by atoms with Crippen LogP contribution in [0, 0.1) is 5.92 Å². The zero-order valence-corrected chi connectivity index (χ0v) is 20.8. The molecule has 0 amide bonds. The minimum atomic E-state index is 0. The van der Waals surface area contributed by atoms with Crippen LogP contribution in [-0.2, 0) is 4.74 Å². The molecular formula is C22H38IN5O2. The number of aliphatic imine (C=N–C) groups is 1. The Morgan fingerprint density at radius 3 is 2.83 bits per heavy atom. The molecule has 0 aliphatic carbocycles. The van der Waals surface area contributed by atoms with Gasteiger partial charge in [-0.25, -0.2) is 0 Å². The van der Waals surface area contributed by atoms with Gasteiger partial charge >= 0.3 is 0 Å². The van der Waals surface area contributed by atoms with Crippen molar-refractivity contribution in [3.8, 4) is 5.75 Å². The largest absolute Gasteiger partial charge is 0.497 e. The first-order chi connectivity index (χ1) is 14.3. The molecule has 1 unspecified atom stereocenters. The first-order valence-corrected chi connectivity index (χ1v) is 11.0. The Morgan fingerprint density at radius 1 is 1.23 bits per heavy atom. The Balaban J connectivity index is 0.00000320. The zero-order chi connectivity index (χ0) is 20.3. The topological polar surface area (TPSA) is 61.4 Å². The smallest absolute Gasteiger partial charge is 0.191 e. The second-order valence-electron chi connectivity index (χ2n) is 7.76. The highest BCUT2D eigenvalue weighted by atomic mass is 127. The Bertz CT molecular complexity index is 640. The minimum Gasteiger partial charge on any atom is -0.497 e. The summed E-state index contributed by atoms with van der Waals surface area (Å²) >= 11 is 0. The van der Waals surface area contributed by atoms with Crippen LogP contribution in [0.5, 0.6) is 5.75 Å². The van der Waals surface area contributed by atoms with Gasteiger partial charge in [-0.1, -0.05) is 6.07 Å². The van der Waals surface area contributed by atoms with Crippen molar-refractivity contribution < 1.29 is 9.47 Å². The molecule has 170 valence electrons. The van der Waals surface area contributed by atoms with Crippen molar-refractivity contribution in [2.75, 3.05) is 77.6 Å². The lowest BCUT2D eigenvalue weighted by Gasteiger charge is -2.26. The van der Waals surface area contributed by atoms with Crippen LogP contribution >= 0.6 is 24.0 Å². The number of benzene rings is 1. The van der Waals surface area contributed by atoms with E-state index >= 15 is 0 Å². The molecular weight excluding hydrogens is 493 g/mol. The van der Waals surface area contributed by atoms with E-state index in [0.717, 1.165) is 83.7 Å². The van der Waals surface area contributed by atoms with Gasteiger partial charge in [-0.3, -0.25) is 9.89 Å².